The summed E-state index contributed by atoms with van der Waals surface area (Å²) in [6.45, 7) is 0.455. The van der Waals surface area contributed by atoms with Crippen molar-refractivity contribution < 1.29 is 14.7 Å². The molecule has 0 bridgehead atoms. The van der Waals surface area contributed by atoms with Crippen LogP contribution >= 0.6 is 0 Å². The Morgan fingerprint density at radius 2 is 1.89 bits per heavy atom. The lowest BCUT2D eigenvalue weighted by molar-refractivity contribution is 0.284. The summed E-state index contributed by atoms with van der Waals surface area (Å²) in [6.07, 6.45) is 1.34. The van der Waals surface area contributed by atoms with Crippen LogP contribution in [0.3, 0.4) is 0 Å². The number of benzene rings is 2. The number of ether oxygens (including phenoxy) is 2. The fourth-order valence-electron chi connectivity index (χ4n) is 1.69. The van der Waals surface area contributed by atoms with Gasteiger partial charge >= 0.3 is 0 Å². The van der Waals surface area contributed by atoms with E-state index in [1.807, 2.05) is 30.3 Å². The largest absolute Gasteiger partial charge is 0.493 e. The lowest BCUT2D eigenvalue weighted by atomic mass is 10.2. The van der Waals surface area contributed by atoms with Crippen molar-refractivity contribution in [2.75, 3.05) is 7.11 Å². The van der Waals surface area contributed by atoms with E-state index in [1.54, 1.807) is 25.3 Å². The van der Waals surface area contributed by atoms with Crippen LogP contribution in [0.25, 0.3) is 0 Å². The minimum absolute atomic E-state index is 0.455. The number of oxime groups is 1. The Bertz CT molecular complexity index is 553. The van der Waals surface area contributed by atoms with Gasteiger partial charge in [0.1, 0.15) is 6.61 Å². The molecule has 0 saturated carbocycles. The molecule has 0 aliphatic carbocycles. The summed E-state index contributed by atoms with van der Waals surface area (Å²) in [5.41, 5.74) is 1.82. The van der Waals surface area contributed by atoms with Crippen molar-refractivity contribution in [3.8, 4) is 11.5 Å². The first-order valence-electron chi connectivity index (χ1n) is 5.85. The zero-order chi connectivity index (χ0) is 13.5. The number of methoxy groups -OCH3 is 1. The molecule has 1 N–H and O–H groups in total. The van der Waals surface area contributed by atoms with Gasteiger partial charge in [0.2, 0.25) is 0 Å². The topological polar surface area (TPSA) is 51.0 Å². The van der Waals surface area contributed by atoms with Gasteiger partial charge < -0.3 is 14.7 Å². The van der Waals surface area contributed by atoms with Crippen LogP contribution in [-0.4, -0.2) is 18.5 Å². The third-order valence-corrected chi connectivity index (χ3v) is 2.63. The Hall–Kier alpha value is -2.49. The highest BCUT2D eigenvalue weighted by Gasteiger charge is 2.05. The van der Waals surface area contributed by atoms with Crippen LogP contribution in [0.2, 0.25) is 0 Å². The molecule has 2 aromatic rings. The highest BCUT2D eigenvalue weighted by atomic mass is 16.5. The second-order valence-corrected chi connectivity index (χ2v) is 3.93. The van der Waals surface area contributed by atoms with Gasteiger partial charge in [0, 0.05) is 5.56 Å². The Balaban J connectivity index is 2.15. The Labute approximate surface area is 111 Å². The standard InChI is InChI=1S/C15H15NO3/c1-18-14-8-7-13(10-16-17)9-15(14)19-11-12-5-3-2-4-6-12/h2-10,17H,11H2,1H3/b16-10+. The first-order chi connectivity index (χ1) is 9.33. The average molecular weight is 257 g/mol. The summed E-state index contributed by atoms with van der Waals surface area (Å²) < 4.78 is 11.0. The Kier molecular flexibility index (Phi) is 4.39. The summed E-state index contributed by atoms with van der Waals surface area (Å²) in [5.74, 6) is 1.26. The van der Waals surface area contributed by atoms with Gasteiger partial charge in [-0.15, -0.1) is 0 Å². The highest BCUT2D eigenvalue weighted by molar-refractivity contribution is 5.80. The SMILES string of the molecule is COc1ccc(/C=N/O)cc1OCc1ccccc1. The molecule has 0 atom stereocenters. The molecule has 98 valence electrons. The second kappa shape index (κ2) is 6.44. The molecule has 4 heteroatoms. The predicted octanol–water partition coefficient (Wildman–Crippen LogP) is 3.08. The Morgan fingerprint density at radius 1 is 1.11 bits per heavy atom. The van der Waals surface area contributed by atoms with E-state index in [0.717, 1.165) is 11.1 Å². The summed E-state index contributed by atoms with van der Waals surface area (Å²) in [6, 6.07) is 15.2. The molecule has 0 aliphatic heterocycles. The van der Waals surface area contributed by atoms with Gasteiger partial charge in [0.25, 0.3) is 0 Å². The van der Waals surface area contributed by atoms with E-state index in [9.17, 15) is 0 Å². The van der Waals surface area contributed by atoms with Gasteiger partial charge in [0.15, 0.2) is 11.5 Å². The van der Waals surface area contributed by atoms with E-state index in [0.29, 0.717) is 18.1 Å². The van der Waals surface area contributed by atoms with Crippen molar-refractivity contribution in [2.24, 2.45) is 5.16 Å². The van der Waals surface area contributed by atoms with Crippen LogP contribution in [0.5, 0.6) is 11.5 Å². The molecule has 0 amide bonds. The molecule has 0 spiro atoms. The van der Waals surface area contributed by atoms with E-state index in [1.165, 1.54) is 6.21 Å². The van der Waals surface area contributed by atoms with Crippen LogP contribution < -0.4 is 9.47 Å². The van der Waals surface area contributed by atoms with Crippen LogP contribution in [0.15, 0.2) is 53.7 Å². The van der Waals surface area contributed by atoms with E-state index >= 15 is 0 Å². The van der Waals surface area contributed by atoms with Gasteiger partial charge in [-0.05, 0) is 23.8 Å². The van der Waals surface area contributed by atoms with Gasteiger partial charge in [-0.3, -0.25) is 0 Å². The van der Waals surface area contributed by atoms with Crippen molar-refractivity contribution in [2.45, 2.75) is 6.61 Å². The fourth-order valence-corrected chi connectivity index (χ4v) is 1.69. The van der Waals surface area contributed by atoms with Crippen LogP contribution in [0.1, 0.15) is 11.1 Å². The van der Waals surface area contributed by atoms with Crippen molar-refractivity contribution in [3.05, 3.63) is 59.7 Å². The van der Waals surface area contributed by atoms with Crippen LogP contribution in [0, 0.1) is 0 Å². The quantitative estimate of drug-likeness (QED) is 0.508. The summed E-state index contributed by atoms with van der Waals surface area (Å²) in [5, 5.41) is 11.5. The number of hydrogen-bond donors (Lipinski definition) is 1. The van der Waals surface area contributed by atoms with Crippen LogP contribution in [-0.2, 0) is 6.61 Å². The van der Waals surface area contributed by atoms with Crippen molar-refractivity contribution in [1.29, 1.82) is 0 Å². The fraction of sp³-hybridized carbons (Fsp3) is 0.133. The highest BCUT2D eigenvalue weighted by Crippen LogP contribution is 2.28. The molecule has 2 rings (SSSR count). The van der Waals surface area contributed by atoms with Crippen molar-refractivity contribution in [1.82, 2.24) is 0 Å². The maximum absolute atomic E-state index is 8.54. The van der Waals surface area contributed by atoms with Gasteiger partial charge in [-0.1, -0.05) is 35.5 Å². The first kappa shape index (κ1) is 13.0. The lowest BCUT2D eigenvalue weighted by Gasteiger charge is -2.11. The zero-order valence-corrected chi connectivity index (χ0v) is 10.6. The predicted molar refractivity (Wildman–Crippen MR) is 73.1 cm³/mol. The molecule has 0 unspecified atom stereocenters. The van der Waals surface area contributed by atoms with Crippen molar-refractivity contribution in [3.63, 3.8) is 0 Å². The molecule has 0 heterocycles. The van der Waals surface area contributed by atoms with E-state index in [4.69, 9.17) is 14.7 Å². The lowest BCUT2D eigenvalue weighted by Crippen LogP contribution is -1.98. The van der Waals surface area contributed by atoms with Gasteiger partial charge in [-0.2, -0.15) is 0 Å². The molecular formula is C15H15NO3. The molecule has 0 aromatic heterocycles. The molecule has 0 saturated heterocycles. The number of rotatable bonds is 5. The van der Waals surface area contributed by atoms with E-state index < -0.39 is 0 Å². The maximum Gasteiger partial charge on any atom is 0.162 e. The molecule has 0 aliphatic rings. The monoisotopic (exact) mass is 257 g/mol. The number of nitrogens with zero attached hydrogens (tertiary/aromatic N) is 1. The summed E-state index contributed by atoms with van der Waals surface area (Å²) >= 11 is 0. The molecule has 19 heavy (non-hydrogen) atoms. The summed E-state index contributed by atoms with van der Waals surface area (Å²) in [4.78, 5) is 0. The second-order valence-electron chi connectivity index (χ2n) is 3.93. The van der Waals surface area contributed by atoms with Gasteiger partial charge in [0.05, 0.1) is 13.3 Å². The first-order valence-corrected chi connectivity index (χ1v) is 5.85. The average Bonchev–Trinajstić information content (AvgIpc) is 2.47. The number of hydrogen-bond acceptors (Lipinski definition) is 4. The zero-order valence-electron chi connectivity index (χ0n) is 10.6. The van der Waals surface area contributed by atoms with Crippen LogP contribution in [0.4, 0.5) is 0 Å². The third kappa shape index (κ3) is 3.48. The normalized spacial score (nSPS) is 10.6. The molecule has 0 radical (unpaired) electrons. The third-order valence-electron chi connectivity index (χ3n) is 2.63. The maximum atomic E-state index is 8.54. The molecular weight excluding hydrogens is 242 g/mol. The van der Waals surface area contributed by atoms with Crippen molar-refractivity contribution >= 4 is 6.21 Å². The van der Waals surface area contributed by atoms with E-state index in [2.05, 4.69) is 5.16 Å². The molecule has 0 fully saturated rings. The smallest absolute Gasteiger partial charge is 0.162 e. The van der Waals surface area contributed by atoms with E-state index in [-0.39, 0.29) is 0 Å². The Morgan fingerprint density at radius 3 is 2.58 bits per heavy atom. The van der Waals surface area contributed by atoms with Gasteiger partial charge in [-0.25, -0.2) is 0 Å². The minimum atomic E-state index is 0.455. The molecule has 2 aromatic carbocycles. The summed E-state index contributed by atoms with van der Waals surface area (Å²) in [7, 11) is 1.59. The minimum Gasteiger partial charge on any atom is -0.493 e. The molecule has 4 nitrogen and oxygen atoms in total.